The maximum absolute atomic E-state index is 5.68. The van der Waals surface area contributed by atoms with Crippen LogP contribution in [0, 0.1) is 11.8 Å². The Hall–Kier alpha value is -1.02. The summed E-state index contributed by atoms with van der Waals surface area (Å²) < 4.78 is 5.68. The Labute approximate surface area is 130 Å². The van der Waals surface area contributed by atoms with Crippen LogP contribution in [0.1, 0.15) is 51.2 Å². The fraction of sp³-hybridized carbons (Fsp3) is 0.684. The largest absolute Gasteiger partial charge is 0.493 e. The van der Waals surface area contributed by atoms with Crippen molar-refractivity contribution in [3.63, 3.8) is 0 Å². The second-order valence-electron chi connectivity index (χ2n) is 6.92. The van der Waals surface area contributed by atoms with Crippen LogP contribution in [0.4, 0.5) is 0 Å². The van der Waals surface area contributed by atoms with Gasteiger partial charge in [-0.25, -0.2) is 0 Å². The third-order valence-electron chi connectivity index (χ3n) is 4.27. The molecule has 0 saturated carbocycles. The molecule has 118 valence electrons. The zero-order chi connectivity index (χ0) is 15.1. The van der Waals surface area contributed by atoms with Gasteiger partial charge in [-0.15, -0.1) is 0 Å². The highest BCUT2D eigenvalue weighted by Crippen LogP contribution is 2.26. The van der Waals surface area contributed by atoms with Crippen molar-refractivity contribution in [1.29, 1.82) is 0 Å². The van der Waals surface area contributed by atoms with E-state index in [1.807, 2.05) is 0 Å². The number of nitrogens with one attached hydrogen (secondary N) is 1. The third kappa shape index (κ3) is 5.70. The fourth-order valence-corrected chi connectivity index (χ4v) is 2.87. The maximum atomic E-state index is 5.68. The molecule has 1 unspecified atom stereocenters. The molecule has 1 aromatic carbocycles. The van der Waals surface area contributed by atoms with Crippen molar-refractivity contribution in [2.45, 2.75) is 52.9 Å². The number of aryl methyl sites for hydroxylation is 2. The molecule has 1 heterocycles. The van der Waals surface area contributed by atoms with Crippen molar-refractivity contribution in [3.05, 3.63) is 29.3 Å². The molecule has 2 rings (SSSR count). The molecule has 0 bridgehead atoms. The van der Waals surface area contributed by atoms with Gasteiger partial charge in [-0.05, 0) is 74.2 Å². The Bertz CT molecular complexity index is 428. The van der Waals surface area contributed by atoms with Crippen LogP contribution in [0.15, 0.2) is 18.2 Å². The van der Waals surface area contributed by atoms with Crippen molar-refractivity contribution < 1.29 is 4.74 Å². The van der Waals surface area contributed by atoms with E-state index in [-0.39, 0.29) is 0 Å². The van der Waals surface area contributed by atoms with Crippen molar-refractivity contribution in [2.24, 2.45) is 11.8 Å². The fourth-order valence-electron chi connectivity index (χ4n) is 2.87. The average molecular weight is 289 g/mol. The van der Waals surface area contributed by atoms with Gasteiger partial charge in [0.1, 0.15) is 5.75 Å². The minimum Gasteiger partial charge on any atom is -0.493 e. The second kappa shape index (κ2) is 8.43. The lowest BCUT2D eigenvalue weighted by Gasteiger charge is -2.18. The van der Waals surface area contributed by atoms with Gasteiger partial charge < -0.3 is 10.1 Å². The Morgan fingerprint density at radius 3 is 2.86 bits per heavy atom. The average Bonchev–Trinajstić information content (AvgIpc) is 2.49. The van der Waals surface area contributed by atoms with E-state index in [4.69, 9.17) is 4.74 Å². The molecule has 1 N–H and O–H groups in total. The molecule has 0 fully saturated rings. The van der Waals surface area contributed by atoms with Crippen molar-refractivity contribution in [2.75, 3.05) is 19.7 Å². The predicted octanol–water partition coefficient (Wildman–Crippen LogP) is 4.22. The monoisotopic (exact) mass is 289 g/mol. The SMILES string of the molecule is CC(C)CNCCC(C)CCc1ccc2c(c1)CCCO2. The van der Waals surface area contributed by atoms with E-state index in [2.05, 4.69) is 44.3 Å². The Balaban J connectivity index is 1.70. The van der Waals surface area contributed by atoms with Gasteiger partial charge in [0.25, 0.3) is 0 Å². The van der Waals surface area contributed by atoms with E-state index < -0.39 is 0 Å². The minimum atomic E-state index is 0.748. The first-order valence-electron chi connectivity index (χ1n) is 8.60. The van der Waals surface area contributed by atoms with Gasteiger partial charge in [-0.3, -0.25) is 0 Å². The highest BCUT2D eigenvalue weighted by molar-refractivity contribution is 5.38. The molecule has 2 nitrogen and oxygen atoms in total. The van der Waals surface area contributed by atoms with E-state index in [1.165, 1.54) is 36.8 Å². The number of hydrogen-bond acceptors (Lipinski definition) is 2. The standard InChI is InChI=1S/C19H31NO/c1-15(2)14-20-11-10-16(3)6-7-17-8-9-19-18(13-17)5-4-12-21-19/h8-9,13,15-16,20H,4-7,10-12,14H2,1-3H3. The second-order valence-corrected chi connectivity index (χ2v) is 6.92. The van der Waals surface area contributed by atoms with Gasteiger partial charge in [0.15, 0.2) is 0 Å². The quantitative estimate of drug-likeness (QED) is 0.724. The number of ether oxygens (including phenoxy) is 1. The molecule has 1 aliphatic rings. The summed E-state index contributed by atoms with van der Waals surface area (Å²) in [4.78, 5) is 0. The predicted molar refractivity (Wildman–Crippen MR) is 90.1 cm³/mol. The number of rotatable bonds is 8. The van der Waals surface area contributed by atoms with Gasteiger partial charge >= 0.3 is 0 Å². The van der Waals surface area contributed by atoms with Gasteiger partial charge in [0, 0.05) is 0 Å². The molecule has 21 heavy (non-hydrogen) atoms. The lowest BCUT2D eigenvalue weighted by molar-refractivity contribution is 0.288. The van der Waals surface area contributed by atoms with Crippen molar-refractivity contribution >= 4 is 0 Å². The zero-order valence-electron chi connectivity index (χ0n) is 14.0. The summed E-state index contributed by atoms with van der Waals surface area (Å²) in [5.74, 6) is 2.64. The normalized spacial score (nSPS) is 15.6. The van der Waals surface area contributed by atoms with Crippen molar-refractivity contribution in [3.8, 4) is 5.75 Å². The Kier molecular flexibility index (Phi) is 6.56. The number of hydrogen-bond donors (Lipinski definition) is 1. The lowest BCUT2D eigenvalue weighted by Crippen LogP contribution is -2.22. The van der Waals surface area contributed by atoms with Crippen LogP contribution in [-0.2, 0) is 12.8 Å². The smallest absolute Gasteiger partial charge is 0.122 e. The summed E-state index contributed by atoms with van der Waals surface area (Å²) in [5, 5.41) is 3.54. The molecule has 1 atom stereocenters. The van der Waals surface area contributed by atoms with E-state index in [0.29, 0.717) is 0 Å². The molecular formula is C19H31NO. The first-order valence-corrected chi connectivity index (χ1v) is 8.60. The van der Waals surface area contributed by atoms with Gasteiger partial charge in [0.05, 0.1) is 6.61 Å². The van der Waals surface area contributed by atoms with Gasteiger partial charge in [0.2, 0.25) is 0 Å². The molecule has 2 heteroatoms. The van der Waals surface area contributed by atoms with Crippen molar-refractivity contribution in [1.82, 2.24) is 5.32 Å². The topological polar surface area (TPSA) is 21.3 Å². The molecule has 0 spiro atoms. The summed E-state index contributed by atoms with van der Waals surface area (Å²) in [7, 11) is 0. The van der Waals surface area contributed by atoms with Crippen LogP contribution in [0.2, 0.25) is 0 Å². The first kappa shape index (κ1) is 16.4. The maximum Gasteiger partial charge on any atom is 0.122 e. The molecule has 0 amide bonds. The summed E-state index contributed by atoms with van der Waals surface area (Å²) in [6.45, 7) is 10.1. The molecule has 0 saturated heterocycles. The Morgan fingerprint density at radius 2 is 2.05 bits per heavy atom. The summed E-state index contributed by atoms with van der Waals surface area (Å²) in [6, 6.07) is 6.77. The minimum absolute atomic E-state index is 0.748. The molecule has 0 radical (unpaired) electrons. The highest BCUT2D eigenvalue weighted by Gasteiger charge is 2.11. The Morgan fingerprint density at radius 1 is 1.19 bits per heavy atom. The zero-order valence-corrected chi connectivity index (χ0v) is 14.0. The van der Waals surface area contributed by atoms with Crippen LogP contribution in [-0.4, -0.2) is 19.7 Å². The van der Waals surface area contributed by atoms with Gasteiger partial charge in [-0.2, -0.15) is 0 Å². The van der Waals surface area contributed by atoms with Crippen LogP contribution >= 0.6 is 0 Å². The van der Waals surface area contributed by atoms with E-state index in [1.54, 1.807) is 0 Å². The molecule has 1 aromatic rings. The number of fused-ring (bicyclic) bond motifs is 1. The number of benzene rings is 1. The van der Waals surface area contributed by atoms with Crippen LogP contribution in [0.25, 0.3) is 0 Å². The summed E-state index contributed by atoms with van der Waals surface area (Å²) in [5.41, 5.74) is 2.88. The molecule has 1 aliphatic heterocycles. The van der Waals surface area contributed by atoms with Crippen LogP contribution in [0.5, 0.6) is 5.75 Å². The lowest BCUT2D eigenvalue weighted by atomic mass is 9.96. The molecule has 0 aliphatic carbocycles. The molecular weight excluding hydrogens is 258 g/mol. The first-order chi connectivity index (χ1) is 10.1. The van der Waals surface area contributed by atoms with Crippen LogP contribution in [0.3, 0.4) is 0 Å². The summed E-state index contributed by atoms with van der Waals surface area (Å²) >= 11 is 0. The van der Waals surface area contributed by atoms with E-state index in [0.717, 1.165) is 43.7 Å². The van der Waals surface area contributed by atoms with Crippen LogP contribution < -0.4 is 10.1 Å². The van der Waals surface area contributed by atoms with Gasteiger partial charge in [-0.1, -0.05) is 32.9 Å². The highest BCUT2D eigenvalue weighted by atomic mass is 16.5. The summed E-state index contributed by atoms with van der Waals surface area (Å²) in [6.07, 6.45) is 6.09. The third-order valence-corrected chi connectivity index (χ3v) is 4.27. The molecule has 0 aromatic heterocycles. The van der Waals surface area contributed by atoms with E-state index in [9.17, 15) is 0 Å². The van der Waals surface area contributed by atoms with E-state index >= 15 is 0 Å².